The monoisotopic (exact) mass is 438 g/mol. The molecule has 0 radical (unpaired) electrons. The molecular formula is C24H23ClN2O2S. The molecule has 1 atom stereocenters. The van der Waals surface area contributed by atoms with Crippen LogP contribution in [0.5, 0.6) is 0 Å². The summed E-state index contributed by atoms with van der Waals surface area (Å²) in [6.45, 7) is 3.50. The van der Waals surface area contributed by atoms with E-state index in [4.69, 9.17) is 21.4 Å². The van der Waals surface area contributed by atoms with Gasteiger partial charge in [0, 0.05) is 23.7 Å². The van der Waals surface area contributed by atoms with E-state index in [9.17, 15) is 4.79 Å². The summed E-state index contributed by atoms with van der Waals surface area (Å²) in [4.78, 5) is 23.8. The molecule has 3 aromatic rings. The second-order valence-corrected chi connectivity index (χ2v) is 8.84. The van der Waals surface area contributed by atoms with E-state index in [-0.39, 0.29) is 5.97 Å². The van der Waals surface area contributed by atoms with Crippen LogP contribution in [0.1, 0.15) is 33.8 Å². The van der Waals surface area contributed by atoms with Gasteiger partial charge in [-0.15, -0.1) is 16.4 Å². The highest BCUT2D eigenvalue weighted by Gasteiger charge is 2.22. The van der Waals surface area contributed by atoms with E-state index in [1.165, 1.54) is 0 Å². The van der Waals surface area contributed by atoms with E-state index in [0.29, 0.717) is 18.0 Å². The maximum atomic E-state index is 12.3. The average Bonchev–Trinajstić information content (AvgIpc) is 3.14. The summed E-state index contributed by atoms with van der Waals surface area (Å²) in [5, 5.41) is 3.50. The number of thiazole rings is 1. The van der Waals surface area contributed by atoms with Crippen LogP contribution < -0.4 is 0 Å². The molecule has 1 aliphatic heterocycles. The first kappa shape index (κ1) is 20.8. The van der Waals surface area contributed by atoms with Gasteiger partial charge >= 0.3 is 5.97 Å². The van der Waals surface area contributed by atoms with Crippen molar-refractivity contribution < 1.29 is 9.63 Å². The Morgan fingerprint density at radius 3 is 2.73 bits per heavy atom. The fraction of sp³-hybridized carbons (Fsp3) is 0.250. The van der Waals surface area contributed by atoms with Gasteiger partial charge in [-0.2, -0.15) is 0 Å². The normalized spacial score (nSPS) is 17.3. The van der Waals surface area contributed by atoms with Crippen LogP contribution in [0.25, 0.3) is 16.6 Å². The molecule has 4 nitrogen and oxygen atoms in total. The molecule has 0 spiro atoms. The first-order valence-electron chi connectivity index (χ1n) is 10.0. The quantitative estimate of drug-likeness (QED) is 0.470. The standard InChI is InChI=1S/C24H23ClN2O2S/c1-17-22(30-23(26-17)19-10-12-21(25)13-11-19)14-9-18-6-5-15-27(16-18)29-24(28)20-7-3-2-4-8-20/h2-4,7-14,18H,5-6,15-16H2,1H3. The van der Waals surface area contributed by atoms with Gasteiger partial charge in [-0.3, -0.25) is 0 Å². The molecule has 0 bridgehead atoms. The predicted octanol–water partition coefficient (Wildman–Crippen LogP) is 6.27. The zero-order valence-electron chi connectivity index (χ0n) is 16.8. The van der Waals surface area contributed by atoms with Gasteiger partial charge in [-0.05, 0) is 56.0 Å². The van der Waals surface area contributed by atoms with Crippen molar-refractivity contribution in [2.75, 3.05) is 13.1 Å². The molecule has 0 aliphatic carbocycles. The van der Waals surface area contributed by atoms with E-state index in [1.807, 2.05) is 49.4 Å². The Hall–Kier alpha value is -2.47. The van der Waals surface area contributed by atoms with Gasteiger partial charge in [0.05, 0.1) is 16.1 Å². The van der Waals surface area contributed by atoms with Crippen molar-refractivity contribution in [2.24, 2.45) is 5.92 Å². The summed E-state index contributed by atoms with van der Waals surface area (Å²) >= 11 is 7.66. The third-order valence-corrected chi connectivity index (χ3v) is 6.51. The molecule has 1 fully saturated rings. The Kier molecular flexibility index (Phi) is 6.62. The summed E-state index contributed by atoms with van der Waals surface area (Å²) < 4.78 is 0. The summed E-state index contributed by atoms with van der Waals surface area (Å²) in [6.07, 6.45) is 6.45. The van der Waals surface area contributed by atoms with Crippen molar-refractivity contribution in [1.82, 2.24) is 10.0 Å². The van der Waals surface area contributed by atoms with Gasteiger partial charge in [-0.25, -0.2) is 9.78 Å². The third kappa shape index (κ3) is 5.17. The van der Waals surface area contributed by atoms with E-state index < -0.39 is 0 Å². The Labute approximate surface area is 185 Å². The first-order chi connectivity index (χ1) is 14.6. The molecule has 1 unspecified atom stereocenters. The lowest BCUT2D eigenvalue weighted by atomic mass is 9.99. The minimum absolute atomic E-state index is 0.300. The van der Waals surface area contributed by atoms with Crippen LogP contribution in [0.2, 0.25) is 5.02 Å². The number of aromatic nitrogens is 1. The molecular weight excluding hydrogens is 416 g/mol. The smallest absolute Gasteiger partial charge is 0.357 e. The van der Waals surface area contributed by atoms with Crippen molar-refractivity contribution in [1.29, 1.82) is 0 Å². The number of benzene rings is 2. The molecule has 0 saturated carbocycles. The van der Waals surface area contributed by atoms with Gasteiger partial charge in [0.2, 0.25) is 0 Å². The number of aryl methyl sites for hydroxylation is 1. The van der Waals surface area contributed by atoms with Gasteiger partial charge in [0.15, 0.2) is 0 Å². The fourth-order valence-electron chi connectivity index (χ4n) is 3.46. The minimum atomic E-state index is -0.300. The number of carbonyl (C=O) groups is 1. The molecule has 1 saturated heterocycles. The number of hydrogen-bond acceptors (Lipinski definition) is 5. The maximum Gasteiger partial charge on any atom is 0.357 e. The highest BCUT2D eigenvalue weighted by Crippen LogP contribution is 2.30. The Morgan fingerprint density at radius 1 is 1.20 bits per heavy atom. The lowest BCUT2D eigenvalue weighted by molar-refractivity contribution is -0.126. The van der Waals surface area contributed by atoms with Crippen LogP contribution in [-0.2, 0) is 4.84 Å². The van der Waals surface area contributed by atoms with Gasteiger partial charge in [0.25, 0.3) is 0 Å². The number of piperidine rings is 1. The van der Waals surface area contributed by atoms with Crippen molar-refractivity contribution in [3.63, 3.8) is 0 Å². The van der Waals surface area contributed by atoms with Crippen molar-refractivity contribution in [2.45, 2.75) is 19.8 Å². The number of hydrogen-bond donors (Lipinski definition) is 0. The van der Waals surface area contributed by atoms with Crippen LogP contribution >= 0.6 is 22.9 Å². The van der Waals surface area contributed by atoms with E-state index in [0.717, 1.165) is 45.6 Å². The topological polar surface area (TPSA) is 42.4 Å². The highest BCUT2D eigenvalue weighted by molar-refractivity contribution is 7.16. The molecule has 1 aromatic heterocycles. The van der Waals surface area contributed by atoms with Gasteiger partial charge in [-0.1, -0.05) is 48.0 Å². The summed E-state index contributed by atoms with van der Waals surface area (Å²) in [5.41, 5.74) is 2.67. The van der Waals surface area contributed by atoms with Crippen LogP contribution in [0.15, 0.2) is 60.7 Å². The largest absolute Gasteiger partial charge is 0.364 e. The highest BCUT2D eigenvalue weighted by atomic mass is 35.5. The Morgan fingerprint density at radius 2 is 1.97 bits per heavy atom. The fourth-order valence-corrected chi connectivity index (χ4v) is 4.57. The average molecular weight is 439 g/mol. The van der Waals surface area contributed by atoms with Gasteiger partial charge < -0.3 is 4.84 Å². The lowest BCUT2D eigenvalue weighted by Crippen LogP contribution is -2.36. The molecule has 4 rings (SSSR count). The van der Waals surface area contributed by atoms with Crippen LogP contribution in [-0.4, -0.2) is 29.1 Å². The van der Waals surface area contributed by atoms with E-state index in [1.54, 1.807) is 28.5 Å². The second-order valence-electron chi connectivity index (χ2n) is 7.37. The molecule has 6 heteroatoms. The molecule has 0 N–H and O–H groups in total. The number of hydroxylamine groups is 2. The Bertz CT molecular complexity index is 1030. The van der Waals surface area contributed by atoms with Crippen LogP contribution in [0, 0.1) is 12.8 Å². The minimum Gasteiger partial charge on any atom is -0.364 e. The number of rotatable bonds is 5. The molecule has 1 aliphatic rings. The summed E-state index contributed by atoms with van der Waals surface area (Å²) in [7, 11) is 0. The predicted molar refractivity (Wildman–Crippen MR) is 122 cm³/mol. The van der Waals surface area contributed by atoms with Crippen molar-refractivity contribution in [3.05, 3.63) is 81.8 Å². The van der Waals surface area contributed by atoms with Crippen molar-refractivity contribution in [3.8, 4) is 10.6 Å². The Balaban J connectivity index is 1.39. The van der Waals surface area contributed by atoms with Crippen LogP contribution in [0.3, 0.4) is 0 Å². The number of carbonyl (C=O) groups excluding carboxylic acids is 1. The molecule has 0 amide bonds. The number of nitrogens with zero attached hydrogens (tertiary/aromatic N) is 2. The zero-order chi connectivity index (χ0) is 20.9. The summed E-state index contributed by atoms with van der Waals surface area (Å²) in [5.74, 6) is 0.0361. The molecule has 2 aromatic carbocycles. The first-order valence-corrected chi connectivity index (χ1v) is 11.2. The van der Waals surface area contributed by atoms with E-state index >= 15 is 0 Å². The molecule has 2 heterocycles. The molecule has 30 heavy (non-hydrogen) atoms. The van der Waals surface area contributed by atoms with Gasteiger partial charge in [0.1, 0.15) is 5.01 Å². The maximum absolute atomic E-state index is 12.3. The number of halogens is 1. The SMILES string of the molecule is Cc1nc(-c2ccc(Cl)cc2)sc1C=CC1CCCN(OC(=O)c2ccccc2)C1. The van der Waals surface area contributed by atoms with Crippen molar-refractivity contribution >= 4 is 35.0 Å². The van der Waals surface area contributed by atoms with E-state index in [2.05, 4.69) is 12.2 Å². The molecule has 154 valence electrons. The van der Waals surface area contributed by atoms with Crippen LogP contribution in [0.4, 0.5) is 0 Å². The second kappa shape index (κ2) is 9.56. The summed E-state index contributed by atoms with van der Waals surface area (Å²) in [6, 6.07) is 16.9. The zero-order valence-corrected chi connectivity index (χ0v) is 18.3. The third-order valence-electron chi connectivity index (χ3n) is 5.09. The lowest BCUT2D eigenvalue weighted by Gasteiger charge is -2.29.